The average molecular weight is 238 g/mol. The highest BCUT2D eigenvalue weighted by molar-refractivity contribution is 5.80. The van der Waals surface area contributed by atoms with Crippen LogP contribution in [-0.2, 0) is 0 Å². The summed E-state index contributed by atoms with van der Waals surface area (Å²) < 4.78 is 0. The summed E-state index contributed by atoms with van der Waals surface area (Å²) in [5.74, 6) is 0.0764. The molecule has 2 heterocycles. The first-order chi connectivity index (χ1) is 8.74. The number of H-pyrrole nitrogens is 1. The maximum Gasteiger partial charge on any atom is 0.261 e. The van der Waals surface area contributed by atoms with Gasteiger partial charge >= 0.3 is 0 Å². The number of aromatic amines is 1. The maximum atomic E-state index is 11.8. The Morgan fingerprint density at radius 2 is 1.89 bits per heavy atom. The van der Waals surface area contributed by atoms with E-state index >= 15 is 0 Å². The van der Waals surface area contributed by atoms with Crippen LogP contribution in [0.25, 0.3) is 22.2 Å². The highest BCUT2D eigenvalue weighted by Gasteiger charge is 2.05. The molecule has 2 aromatic heterocycles. The number of nitrogens with one attached hydrogen (secondary N) is 1. The molecular formula is C13H10N4O. The van der Waals surface area contributed by atoms with Gasteiger partial charge in [-0.05, 0) is 11.6 Å². The molecule has 88 valence electrons. The van der Waals surface area contributed by atoms with Crippen LogP contribution in [0.2, 0.25) is 0 Å². The van der Waals surface area contributed by atoms with Crippen LogP contribution in [0.5, 0.6) is 0 Å². The molecule has 0 aliphatic heterocycles. The molecule has 18 heavy (non-hydrogen) atoms. The molecule has 5 heteroatoms. The van der Waals surface area contributed by atoms with Gasteiger partial charge in [0.25, 0.3) is 5.56 Å². The number of benzene rings is 1. The van der Waals surface area contributed by atoms with Crippen molar-refractivity contribution in [2.45, 2.75) is 0 Å². The Kier molecular flexibility index (Phi) is 2.30. The summed E-state index contributed by atoms with van der Waals surface area (Å²) in [4.78, 5) is 22.4. The second-order valence-corrected chi connectivity index (χ2v) is 3.91. The highest BCUT2D eigenvalue weighted by Crippen LogP contribution is 2.19. The Morgan fingerprint density at radius 1 is 1.11 bits per heavy atom. The van der Waals surface area contributed by atoms with Crippen molar-refractivity contribution >= 4 is 17.0 Å². The van der Waals surface area contributed by atoms with Crippen LogP contribution in [-0.4, -0.2) is 15.0 Å². The van der Waals surface area contributed by atoms with Crippen LogP contribution in [0.3, 0.4) is 0 Å². The summed E-state index contributed by atoms with van der Waals surface area (Å²) >= 11 is 0. The lowest BCUT2D eigenvalue weighted by molar-refractivity contribution is 1.16. The molecule has 0 radical (unpaired) electrons. The van der Waals surface area contributed by atoms with Gasteiger partial charge in [0.1, 0.15) is 0 Å². The quantitative estimate of drug-likeness (QED) is 0.673. The third-order valence-corrected chi connectivity index (χ3v) is 2.69. The molecule has 5 nitrogen and oxygen atoms in total. The van der Waals surface area contributed by atoms with Crippen LogP contribution < -0.4 is 11.3 Å². The topological polar surface area (TPSA) is 84.7 Å². The van der Waals surface area contributed by atoms with Crippen LogP contribution in [0.15, 0.2) is 47.4 Å². The fourth-order valence-corrected chi connectivity index (χ4v) is 1.83. The SMILES string of the molecule is Nc1nc2ncc(-c3ccccc3)cc2c(=O)[nH]1. The van der Waals surface area contributed by atoms with E-state index in [-0.39, 0.29) is 11.5 Å². The van der Waals surface area contributed by atoms with Crippen molar-refractivity contribution in [2.24, 2.45) is 0 Å². The third kappa shape index (κ3) is 1.71. The Morgan fingerprint density at radius 3 is 2.67 bits per heavy atom. The van der Waals surface area contributed by atoms with Crippen LogP contribution >= 0.6 is 0 Å². The van der Waals surface area contributed by atoms with Crippen LogP contribution in [0.4, 0.5) is 5.95 Å². The van der Waals surface area contributed by atoms with E-state index < -0.39 is 0 Å². The maximum absolute atomic E-state index is 11.8. The fourth-order valence-electron chi connectivity index (χ4n) is 1.83. The normalized spacial score (nSPS) is 10.7. The first-order valence-electron chi connectivity index (χ1n) is 5.45. The lowest BCUT2D eigenvalue weighted by Gasteiger charge is -2.02. The predicted octanol–water partition coefficient (Wildman–Crippen LogP) is 1.57. The van der Waals surface area contributed by atoms with Gasteiger partial charge in [-0.15, -0.1) is 0 Å². The molecule has 0 saturated heterocycles. The summed E-state index contributed by atoms with van der Waals surface area (Å²) in [6.07, 6.45) is 1.68. The second kappa shape index (κ2) is 3.96. The summed E-state index contributed by atoms with van der Waals surface area (Å²) in [6, 6.07) is 11.5. The van der Waals surface area contributed by atoms with Crippen molar-refractivity contribution in [1.29, 1.82) is 0 Å². The van der Waals surface area contributed by atoms with Crippen molar-refractivity contribution < 1.29 is 0 Å². The zero-order chi connectivity index (χ0) is 12.5. The molecule has 0 aliphatic carbocycles. The minimum Gasteiger partial charge on any atom is -0.369 e. The molecule has 1 aromatic carbocycles. The van der Waals surface area contributed by atoms with E-state index in [1.807, 2.05) is 30.3 Å². The van der Waals surface area contributed by atoms with Crippen LogP contribution in [0, 0.1) is 0 Å². The Bertz CT molecular complexity index is 765. The van der Waals surface area contributed by atoms with Gasteiger partial charge in [0.15, 0.2) is 5.65 Å². The highest BCUT2D eigenvalue weighted by atomic mass is 16.1. The fraction of sp³-hybridized carbons (Fsp3) is 0. The minimum atomic E-state index is -0.275. The van der Waals surface area contributed by atoms with Gasteiger partial charge in [-0.25, -0.2) is 4.98 Å². The molecular weight excluding hydrogens is 228 g/mol. The number of fused-ring (bicyclic) bond motifs is 1. The smallest absolute Gasteiger partial charge is 0.261 e. The van der Waals surface area contributed by atoms with Gasteiger partial charge in [0.05, 0.1) is 5.39 Å². The van der Waals surface area contributed by atoms with E-state index in [0.717, 1.165) is 11.1 Å². The van der Waals surface area contributed by atoms with E-state index in [9.17, 15) is 4.79 Å². The summed E-state index contributed by atoms with van der Waals surface area (Å²) in [6.45, 7) is 0. The molecule has 3 N–H and O–H groups in total. The number of nitrogens with two attached hydrogens (primary N) is 1. The van der Waals surface area contributed by atoms with Gasteiger partial charge in [0.2, 0.25) is 5.95 Å². The van der Waals surface area contributed by atoms with E-state index in [1.54, 1.807) is 12.3 Å². The number of pyridine rings is 1. The number of nitrogen functional groups attached to an aromatic ring is 1. The van der Waals surface area contributed by atoms with E-state index in [4.69, 9.17) is 5.73 Å². The molecule has 3 rings (SSSR count). The summed E-state index contributed by atoms with van der Waals surface area (Å²) in [5, 5.41) is 0.436. The average Bonchev–Trinajstić information content (AvgIpc) is 2.39. The van der Waals surface area contributed by atoms with E-state index in [2.05, 4.69) is 15.0 Å². The Labute approximate surface area is 102 Å². The lowest BCUT2D eigenvalue weighted by Crippen LogP contribution is -2.11. The van der Waals surface area contributed by atoms with Gasteiger partial charge in [-0.3, -0.25) is 9.78 Å². The number of rotatable bonds is 1. The monoisotopic (exact) mass is 238 g/mol. The van der Waals surface area contributed by atoms with Crippen molar-refractivity contribution in [3.63, 3.8) is 0 Å². The zero-order valence-corrected chi connectivity index (χ0v) is 9.42. The number of nitrogens with zero attached hydrogens (tertiary/aromatic N) is 2. The number of anilines is 1. The zero-order valence-electron chi connectivity index (χ0n) is 9.42. The number of hydrogen-bond acceptors (Lipinski definition) is 4. The molecule has 0 bridgehead atoms. The third-order valence-electron chi connectivity index (χ3n) is 2.69. The van der Waals surface area contributed by atoms with Gasteiger partial charge in [-0.2, -0.15) is 4.98 Å². The standard InChI is InChI=1S/C13H10N4O/c14-13-16-11-10(12(18)17-13)6-9(7-15-11)8-4-2-1-3-5-8/h1-7H,(H3,14,15,16,17,18). The predicted molar refractivity (Wildman–Crippen MR) is 70.0 cm³/mol. The Balaban J connectivity index is 2.27. The minimum absolute atomic E-state index is 0.0764. The van der Waals surface area contributed by atoms with Gasteiger partial charge < -0.3 is 5.73 Å². The van der Waals surface area contributed by atoms with Gasteiger partial charge in [-0.1, -0.05) is 30.3 Å². The molecule has 0 fully saturated rings. The first-order valence-corrected chi connectivity index (χ1v) is 5.45. The van der Waals surface area contributed by atoms with E-state index in [1.165, 1.54) is 0 Å². The number of aromatic nitrogens is 3. The molecule has 0 amide bonds. The van der Waals surface area contributed by atoms with Crippen molar-refractivity contribution in [3.8, 4) is 11.1 Å². The van der Waals surface area contributed by atoms with Crippen molar-refractivity contribution in [1.82, 2.24) is 15.0 Å². The molecule has 0 atom stereocenters. The molecule has 0 saturated carbocycles. The first kappa shape index (κ1) is 10.5. The second-order valence-electron chi connectivity index (χ2n) is 3.91. The lowest BCUT2D eigenvalue weighted by atomic mass is 10.1. The number of hydrogen-bond donors (Lipinski definition) is 2. The Hall–Kier alpha value is -2.69. The van der Waals surface area contributed by atoms with Gasteiger partial charge in [0, 0.05) is 11.8 Å². The van der Waals surface area contributed by atoms with Crippen molar-refractivity contribution in [3.05, 3.63) is 52.9 Å². The summed E-state index contributed by atoms with van der Waals surface area (Å²) in [7, 11) is 0. The largest absolute Gasteiger partial charge is 0.369 e. The molecule has 0 aliphatic rings. The van der Waals surface area contributed by atoms with Crippen molar-refractivity contribution in [2.75, 3.05) is 5.73 Å². The molecule has 0 spiro atoms. The molecule has 3 aromatic rings. The van der Waals surface area contributed by atoms with E-state index in [0.29, 0.717) is 11.0 Å². The summed E-state index contributed by atoms with van der Waals surface area (Å²) in [5.41, 5.74) is 7.43. The molecule has 0 unspecified atom stereocenters. The van der Waals surface area contributed by atoms with Crippen LogP contribution in [0.1, 0.15) is 0 Å².